The van der Waals surface area contributed by atoms with Crippen molar-refractivity contribution < 1.29 is 9.59 Å². The number of hydrogen-bond donors (Lipinski definition) is 0. The number of carbonyl (C=O) groups is 2. The molecule has 0 saturated carbocycles. The second kappa shape index (κ2) is 7.60. The van der Waals surface area contributed by atoms with E-state index in [0.29, 0.717) is 19.4 Å². The smallest absolute Gasteiger partial charge is 0.223 e. The molecule has 2 fully saturated rings. The molecule has 142 valence electrons. The number of carbonyl (C=O) groups excluding carboxylic acids is 2. The lowest BCUT2D eigenvalue weighted by atomic mass is 9.95. The van der Waals surface area contributed by atoms with Crippen molar-refractivity contribution in [2.45, 2.75) is 44.4 Å². The van der Waals surface area contributed by atoms with E-state index in [9.17, 15) is 9.59 Å². The third-order valence-electron chi connectivity index (χ3n) is 5.48. The number of hydrogen-bond acceptors (Lipinski definition) is 5. The van der Waals surface area contributed by atoms with Crippen LogP contribution in [0.5, 0.6) is 0 Å². The minimum absolute atomic E-state index is 0.134. The van der Waals surface area contributed by atoms with Crippen molar-refractivity contribution >= 4 is 17.6 Å². The van der Waals surface area contributed by atoms with Crippen LogP contribution in [0.25, 0.3) is 0 Å². The normalized spacial score (nSPS) is 21.4. The number of anilines is 1. The Bertz CT molecular complexity index is 683. The number of nitrogens with zero attached hydrogens (tertiary/aromatic N) is 5. The first-order valence-corrected chi connectivity index (χ1v) is 9.47. The first-order chi connectivity index (χ1) is 12.4. The van der Waals surface area contributed by atoms with E-state index in [0.717, 1.165) is 43.3 Å². The lowest BCUT2D eigenvalue weighted by Crippen LogP contribution is -2.37. The summed E-state index contributed by atoms with van der Waals surface area (Å²) in [6.45, 7) is 4.16. The fourth-order valence-electron chi connectivity index (χ4n) is 3.76. The first-order valence-electron chi connectivity index (χ1n) is 9.47. The van der Waals surface area contributed by atoms with Gasteiger partial charge in [-0.2, -0.15) is 0 Å². The van der Waals surface area contributed by atoms with Crippen molar-refractivity contribution in [1.82, 2.24) is 19.8 Å². The third-order valence-corrected chi connectivity index (χ3v) is 5.48. The van der Waals surface area contributed by atoms with Crippen LogP contribution in [-0.4, -0.2) is 72.4 Å². The van der Waals surface area contributed by atoms with Crippen molar-refractivity contribution in [2.24, 2.45) is 0 Å². The number of likely N-dealkylation sites (N-methyl/N-ethyl adjacent to an activating group) is 1. The van der Waals surface area contributed by atoms with E-state index < -0.39 is 0 Å². The molecule has 0 unspecified atom stereocenters. The molecule has 0 aromatic carbocycles. The molecule has 7 nitrogen and oxygen atoms in total. The van der Waals surface area contributed by atoms with Gasteiger partial charge in [0.25, 0.3) is 0 Å². The highest BCUT2D eigenvalue weighted by atomic mass is 16.2. The molecule has 3 rings (SSSR count). The molecule has 2 aliphatic heterocycles. The Morgan fingerprint density at radius 3 is 2.46 bits per heavy atom. The van der Waals surface area contributed by atoms with Crippen LogP contribution in [0.4, 0.5) is 5.82 Å². The van der Waals surface area contributed by atoms with Gasteiger partial charge in [-0.1, -0.05) is 6.92 Å². The van der Waals surface area contributed by atoms with Crippen LogP contribution in [0.2, 0.25) is 0 Å². The van der Waals surface area contributed by atoms with E-state index in [1.165, 1.54) is 0 Å². The molecule has 3 heterocycles. The van der Waals surface area contributed by atoms with Crippen molar-refractivity contribution in [3.63, 3.8) is 0 Å². The second-order valence-corrected chi connectivity index (χ2v) is 7.59. The van der Waals surface area contributed by atoms with Crippen LogP contribution in [0, 0.1) is 0 Å². The van der Waals surface area contributed by atoms with E-state index in [-0.39, 0.29) is 23.7 Å². The monoisotopic (exact) mass is 359 g/mol. The van der Waals surface area contributed by atoms with Gasteiger partial charge >= 0.3 is 0 Å². The van der Waals surface area contributed by atoms with Gasteiger partial charge in [0.15, 0.2) is 0 Å². The van der Waals surface area contributed by atoms with E-state index in [1.54, 1.807) is 4.90 Å². The van der Waals surface area contributed by atoms with E-state index >= 15 is 0 Å². The minimum atomic E-state index is 0.134. The summed E-state index contributed by atoms with van der Waals surface area (Å²) < 4.78 is 0. The third kappa shape index (κ3) is 3.81. The number of piperidine rings is 1. The van der Waals surface area contributed by atoms with Crippen LogP contribution in [0.1, 0.15) is 56.0 Å². The number of likely N-dealkylation sites (tertiary alicyclic amines) is 2. The molecule has 0 radical (unpaired) electrons. The summed E-state index contributed by atoms with van der Waals surface area (Å²) in [5, 5.41) is 0. The molecule has 0 N–H and O–H groups in total. The van der Waals surface area contributed by atoms with E-state index in [2.05, 4.69) is 0 Å². The van der Waals surface area contributed by atoms with Gasteiger partial charge in [0.05, 0.1) is 5.69 Å². The molecule has 1 aromatic heterocycles. The van der Waals surface area contributed by atoms with Crippen molar-refractivity contribution in [3.8, 4) is 0 Å². The fraction of sp³-hybridized carbons (Fsp3) is 0.684. The van der Waals surface area contributed by atoms with Gasteiger partial charge in [-0.15, -0.1) is 0 Å². The van der Waals surface area contributed by atoms with Crippen LogP contribution in [0.15, 0.2) is 6.07 Å². The van der Waals surface area contributed by atoms with Crippen LogP contribution in [0.3, 0.4) is 0 Å². The summed E-state index contributed by atoms with van der Waals surface area (Å²) in [7, 11) is 5.80. The van der Waals surface area contributed by atoms with Crippen molar-refractivity contribution in [3.05, 3.63) is 17.6 Å². The molecule has 7 heteroatoms. The maximum atomic E-state index is 11.9. The molecule has 26 heavy (non-hydrogen) atoms. The van der Waals surface area contributed by atoms with Gasteiger partial charge in [-0.05, 0) is 12.8 Å². The standard InChI is InChI=1S/C19H29N5O2/c1-5-17(25)24-8-6-13(7-9-24)19-20-15(11-16(21-19)22(2)3)14-10-18(26)23(4)12-14/h11,13-14H,5-10,12H2,1-4H3/t14-/m1/s1. The van der Waals surface area contributed by atoms with E-state index in [4.69, 9.17) is 9.97 Å². The average molecular weight is 359 g/mol. The largest absolute Gasteiger partial charge is 0.363 e. The molecule has 2 amide bonds. The van der Waals surface area contributed by atoms with Crippen LogP contribution in [-0.2, 0) is 9.59 Å². The summed E-state index contributed by atoms with van der Waals surface area (Å²) >= 11 is 0. The molecule has 1 atom stereocenters. The highest BCUT2D eigenvalue weighted by molar-refractivity contribution is 5.79. The Balaban J connectivity index is 1.81. The summed E-state index contributed by atoms with van der Waals surface area (Å²) in [5.41, 5.74) is 0.962. The molecular formula is C19H29N5O2. The number of amides is 2. The topological polar surface area (TPSA) is 69.6 Å². The maximum absolute atomic E-state index is 11.9. The van der Waals surface area contributed by atoms with Crippen LogP contribution < -0.4 is 4.90 Å². The number of rotatable bonds is 4. The highest BCUT2D eigenvalue weighted by Crippen LogP contribution is 2.31. The van der Waals surface area contributed by atoms with Gasteiger partial charge in [0.1, 0.15) is 11.6 Å². The molecule has 0 bridgehead atoms. The Morgan fingerprint density at radius 2 is 1.92 bits per heavy atom. The van der Waals surface area contributed by atoms with Crippen LogP contribution >= 0.6 is 0 Å². The van der Waals surface area contributed by atoms with Gasteiger partial charge in [-0.3, -0.25) is 9.59 Å². The summed E-state index contributed by atoms with van der Waals surface area (Å²) in [6.07, 6.45) is 2.87. The zero-order valence-corrected chi connectivity index (χ0v) is 16.2. The van der Waals surface area contributed by atoms with Crippen molar-refractivity contribution in [1.29, 1.82) is 0 Å². The zero-order chi connectivity index (χ0) is 18.8. The maximum Gasteiger partial charge on any atom is 0.223 e. The summed E-state index contributed by atoms with van der Waals surface area (Å²) in [5.74, 6) is 2.54. The lowest BCUT2D eigenvalue weighted by molar-refractivity contribution is -0.132. The molecule has 1 aromatic rings. The van der Waals surface area contributed by atoms with Crippen molar-refractivity contribution in [2.75, 3.05) is 45.7 Å². The van der Waals surface area contributed by atoms with Gasteiger partial charge in [-0.25, -0.2) is 9.97 Å². The van der Waals surface area contributed by atoms with Gasteiger partial charge in [0.2, 0.25) is 11.8 Å². The first kappa shape index (κ1) is 18.6. The molecule has 2 aliphatic rings. The van der Waals surface area contributed by atoms with E-state index in [1.807, 2.05) is 43.9 Å². The Kier molecular flexibility index (Phi) is 5.44. The predicted octanol–water partition coefficient (Wildman–Crippen LogP) is 1.60. The Hall–Kier alpha value is -2.18. The average Bonchev–Trinajstić information content (AvgIpc) is 2.99. The SMILES string of the molecule is CCC(=O)N1CCC(c2nc([C@@H]3CC(=O)N(C)C3)cc(N(C)C)n2)CC1. The fourth-order valence-corrected chi connectivity index (χ4v) is 3.76. The zero-order valence-electron chi connectivity index (χ0n) is 16.2. The molecule has 2 saturated heterocycles. The molecular weight excluding hydrogens is 330 g/mol. The Labute approximate surface area is 155 Å². The summed E-state index contributed by atoms with van der Waals surface area (Å²) in [6, 6.07) is 2.01. The van der Waals surface area contributed by atoms with Gasteiger partial charge < -0.3 is 14.7 Å². The highest BCUT2D eigenvalue weighted by Gasteiger charge is 2.31. The predicted molar refractivity (Wildman–Crippen MR) is 100 cm³/mol. The lowest BCUT2D eigenvalue weighted by Gasteiger charge is -2.31. The quantitative estimate of drug-likeness (QED) is 0.817. The molecule has 0 spiro atoms. The second-order valence-electron chi connectivity index (χ2n) is 7.59. The molecule has 0 aliphatic carbocycles. The van der Waals surface area contributed by atoms with Gasteiger partial charge in [0, 0.05) is 71.5 Å². The number of aromatic nitrogens is 2. The Morgan fingerprint density at radius 1 is 1.23 bits per heavy atom. The summed E-state index contributed by atoms with van der Waals surface area (Å²) in [4.78, 5) is 39.2. The minimum Gasteiger partial charge on any atom is -0.363 e.